The van der Waals surface area contributed by atoms with E-state index in [1.54, 1.807) is 36.4 Å². The predicted molar refractivity (Wildman–Crippen MR) is 142 cm³/mol. The fraction of sp³-hybridized carbons (Fsp3) is 0.379. The van der Waals surface area contributed by atoms with Gasteiger partial charge in [-0.15, -0.1) is 0 Å². The Labute approximate surface area is 230 Å². The molecule has 1 aromatic heterocycles. The first kappa shape index (κ1) is 24.5. The number of allylic oxidation sites excluding steroid dienone is 1. The topological polar surface area (TPSA) is 132 Å². The molecule has 9 nitrogen and oxygen atoms in total. The molecule has 39 heavy (non-hydrogen) atoms. The van der Waals surface area contributed by atoms with Gasteiger partial charge in [0.1, 0.15) is 17.4 Å². The van der Waals surface area contributed by atoms with Gasteiger partial charge in [-0.2, -0.15) is 10.2 Å². The smallest absolute Gasteiger partial charge is 0.224 e. The van der Waals surface area contributed by atoms with E-state index in [4.69, 9.17) is 16.3 Å². The third-order valence-electron chi connectivity index (χ3n) is 9.23. The van der Waals surface area contributed by atoms with Crippen molar-refractivity contribution in [3.63, 3.8) is 0 Å². The summed E-state index contributed by atoms with van der Waals surface area (Å²) in [6.45, 7) is 0.825. The Bertz CT molecular complexity index is 1550. The molecule has 0 saturated carbocycles. The van der Waals surface area contributed by atoms with E-state index in [2.05, 4.69) is 33.3 Å². The number of rotatable bonds is 4. The van der Waals surface area contributed by atoms with Crippen molar-refractivity contribution in [2.45, 2.75) is 43.1 Å². The summed E-state index contributed by atoms with van der Waals surface area (Å²) in [5, 5.41) is 34.9. The molecule has 5 aliphatic rings. The maximum absolute atomic E-state index is 14.4. The van der Waals surface area contributed by atoms with Gasteiger partial charge in [-0.25, -0.2) is 4.98 Å². The minimum atomic E-state index is -1.66. The number of aliphatic hydroxyl groups is 2. The van der Waals surface area contributed by atoms with Crippen LogP contribution in [0.3, 0.4) is 0 Å². The van der Waals surface area contributed by atoms with Crippen LogP contribution in [0.1, 0.15) is 35.2 Å². The average molecular weight is 544 g/mol. The fourth-order valence-corrected chi connectivity index (χ4v) is 7.72. The van der Waals surface area contributed by atoms with E-state index < -0.39 is 23.2 Å². The number of ether oxygens (including phenoxy) is 1. The number of aromatic nitrogens is 2. The molecule has 198 valence electrons. The lowest BCUT2D eigenvalue weighted by Crippen LogP contribution is -2.62. The van der Waals surface area contributed by atoms with E-state index in [1.165, 1.54) is 6.20 Å². The largest absolute Gasteiger partial charge is 0.509 e. The molecular formula is C29H26ClN5O4. The van der Waals surface area contributed by atoms with Crippen LogP contribution >= 0.6 is 11.6 Å². The van der Waals surface area contributed by atoms with Crippen LogP contribution in [0.5, 0.6) is 0 Å². The Morgan fingerprint density at radius 1 is 1.31 bits per heavy atom. The van der Waals surface area contributed by atoms with Gasteiger partial charge in [0.05, 0.1) is 18.4 Å². The number of benzene rings is 1. The molecule has 2 saturated heterocycles. The molecule has 0 amide bonds. The Hall–Kier alpha value is -3.55. The molecule has 3 aliphatic carbocycles. The molecule has 1 aromatic carbocycles. The summed E-state index contributed by atoms with van der Waals surface area (Å²) in [6.07, 6.45) is 7.51. The number of piperidine rings is 1. The minimum Gasteiger partial charge on any atom is -0.509 e. The molecule has 10 heteroatoms. The summed E-state index contributed by atoms with van der Waals surface area (Å²) in [7, 11) is 2.13. The molecule has 2 aliphatic heterocycles. The number of Topliss-reactive ketones (excluding diaryl/α,β-unsaturated/α-hetero) is 1. The number of halogens is 1. The van der Waals surface area contributed by atoms with E-state index >= 15 is 0 Å². The normalized spacial score (nSPS) is 34.3. The van der Waals surface area contributed by atoms with Gasteiger partial charge in [0.25, 0.3) is 0 Å². The lowest BCUT2D eigenvalue weighted by molar-refractivity contribution is -0.110. The highest BCUT2D eigenvalue weighted by Crippen LogP contribution is 2.68. The quantitative estimate of drug-likeness (QED) is 0.299. The van der Waals surface area contributed by atoms with Crippen molar-refractivity contribution in [3.05, 3.63) is 82.0 Å². The first-order valence-corrected chi connectivity index (χ1v) is 13.4. The summed E-state index contributed by atoms with van der Waals surface area (Å²) in [5.41, 5.74) is 0.965. The van der Waals surface area contributed by atoms with E-state index in [1.807, 2.05) is 6.07 Å². The number of hydrogen-bond acceptors (Lipinski definition) is 9. The third kappa shape index (κ3) is 3.20. The number of aliphatic hydroxyl groups excluding tert-OH is 2. The molecule has 3 heterocycles. The number of hydrogen-bond donors (Lipinski definition) is 3. The van der Waals surface area contributed by atoms with E-state index in [0.29, 0.717) is 17.7 Å². The van der Waals surface area contributed by atoms with Crippen LogP contribution in [-0.2, 0) is 4.74 Å². The summed E-state index contributed by atoms with van der Waals surface area (Å²) in [6, 6.07) is 8.99. The Morgan fingerprint density at radius 3 is 2.87 bits per heavy atom. The van der Waals surface area contributed by atoms with Crippen LogP contribution in [0.4, 0.5) is 11.5 Å². The van der Waals surface area contributed by atoms with Gasteiger partial charge in [0.2, 0.25) is 16.7 Å². The molecule has 1 unspecified atom stereocenters. The summed E-state index contributed by atoms with van der Waals surface area (Å²) in [5.74, 6) is -0.115. The zero-order valence-corrected chi connectivity index (χ0v) is 21.9. The van der Waals surface area contributed by atoms with Crippen molar-refractivity contribution in [3.8, 4) is 6.07 Å². The zero-order valence-electron chi connectivity index (χ0n) is 21.1. The summed E-state index contributed by atoms with van der Waals surface area (Å²) in [4.78, 5) is 24.7. The Morgan fingerprint density at radius 2 is 2.10 bits per heavy atom. The Balaban J connectivity index is 1.29. The number of carbonyl (C=O) groups excluding carboxylic acids is 1. The number of nitrogens with zero attached hydrogens (tertiary/aromatic N) is 4. The monoisotopic (exact) mass is 543 g/mol. The lowest BCUT2D eigenvalue weighted by Gasteiger charge is -2.58. The number of ketones is 1. The second kappa shape index (κ2) is 8.47. The van der Waals surface area contributed by atoms with Crippen molar-refractivity contribution in [1.29, 1.82) is 5.26 Å². The highest BCUT2D eigenvalue weighted by Gasteiger charge is 2.73. The Kier molecular flexibility index (Phi) is 5.32. The number of anilines is 2. The predicted octanol–water partition coefficient (Wildman–Crippen LogP) is 3.85. The van der Waals surface area contributed by atoms with E-state index in [0.717, 1.165) is 30.5 Å². The van der Waals surface area contributed by atoms with Gasteiger partial charge in [-0.3, -0.25) is 4.79 Å². The first-order chi connectivity index (χ1) is 18.8. The van der Waals surface area contributed by atoms with E-state index in [9.17, 15) is 20.3 Å². The van der Waals surface area contributed by atoms with Gasteiger partial charge in [-0.1, -0.05) is 17.7 Å². The fourth-order valence-electron chi connectivity index (χ4n) is 7.59. The summed E-state index contributed by atoms with van der Waals surface area (Å²) < 4.78 is 6.63. The maximum Gasteiger partial charge on any atom is 0.224 e. The van der Waals surface area contributed by atoms with Crippen molar-refractivity contribution >= 4 is 28.9 Å². The van der Waals surface area contributed by atoms with Crippen LogP contribution in [0, 0.1) is 22.7 Å². The molecule has 6 atom stereocenters. The highest BCUT2D eigenvalue weighted by atomic mass is 35.5. The van der Waals surface area contributed by atoms with Gasteiger partial charge in [0, 0.05) is 28.6 Å². The van der Waals surface area contributed by atoms with Crippen LogP contribution in [0.2, 0.25) is 5.28 Å². The van der Waals surface area contributed by atoms with Crippen LogP contribution in [-0.4, -0.2) is 68.3 Å². The molecule has 2 aromatic rings. The van der Waals surface area contributed by atoms with E-state index in [-0.39, 0.29) is 40.2 Å². The van der Waals surface area contributed by atoms with Crippen LogP contribution in [0.15, 0.2) is 65.6 Å². The standard InChI is InChI=1S/C29H26ClN5O4/c1-35-11-10-28-19-7-8-21(36)25(28)39-29(22(37)9-4-16(23(28)29)12-20(19)35)24(38)15-2-5-18(6-3-15)33-26-17(13-31)14-32-27(30)34-26/h2-3,5-9,14,19-21,25,36-37H,4,10-12H2,1H3,(H,32,33,34)/t19-,20+,21-,25-,28-,29?/m0/s1. The number of carbonyl (C=O) groups is 1. The molecule has 7 rings (SSSR count). The maximum atomic E-state index is 14.4. The molecule has 2 fully saturated rings. The SMILES string of the molecule is CN1CC[C@]23C4=C5CC=C(O)C4(C(=O)c4ccc(Nc6nc(Cl)ncc6C#N)cc4)O[C@H]2[C@@H](O)C=C[C@H]3[C@H]1C5. The van der Waals surface area contributed by atoms with Crippen LogP contribution < -0.4 is 5.32 Å². The molecule has 2 bridgehead atoms. The molecule has 3 N–H and O–H groups in total. The first-order valence-electron chi connectivity index (χ1n) is 13.0. The lowest BCUT2D eigenvalue weighted by atomic mass is 9.50. The summed E-state index contributed by atoms with van der Waals surface area (Å²) >= 11 is 5.90. The van der Waals surface area contributed by atoms with Crippen molar-refractivity contribution < 1.29 is 19.7 Å². The second-order valence-electron chi connectivity index (χ2n) is 11.0. The third-order valence-corrected chi connectivity index (χ3v) is 9.41. The van der Waals surface area contributed by atoms with Gasteiger partial charge < -0.3 is 25.2 Å². The second-order valence-corrected chi connectivity index (χ2v) is 11.3. The number of nitriles is 1. The van der Waals surface area contributed by atoms with Crippen molar-refractivity contribution in [1.82, 2.24) is 14.9 Å². The average Bonchev–Trinajstić information content (AvgIpc) is 3.26. The number of nitrogens with one attached hydrogen (secondary N) is 1. The van der Waals surface area contributed by atoms with Gasteiger partial charge in [0.15, 0.2) is 5.82 Å². The molecular weight excluding hydrogens is 518 g/mol. The molecule has 1 spiro atoms. The zero-order chi connectivity index (χ0) is 27.1. The minimum absolute atomic E-state index is 0.00358. The number of likely N-dealkylation sites (tertiary alicyclic amines) is 1. The van der Waals surface area contributed by atoms with Gasteiger partial charge in [-0.05, 0) is 80.4 Å². The van der Waals surface area contributed by atoms with Crippen molar-refractivity contribution in [2.24, 2.45) is 11.3 Å². The van der Waals surface area contributed by atoms with Crippen molar-refractivity contribution in [2.75, 3.05) is 18.9 Å². The highest BCUT2D eigenvalue weighted by molar-refractivity contribution is 6.28. The molecule has 0 radical (unpaired) electrons. The van der Waals surface area contributed by atoms with Gasteiger partial charge >= 0.3 is 0 Å². The van der Waals surface area contributed by atoms with Crippen LogP contribution in [0.25, 0.3) is 0 Å².